The van der Waals surface area contributed by atoms with Crippen molar-refractivity contribution >= 4 is 5.78 Å². The fourth-order valence-electron chi connectivity index (χ4n) is 1.27. The van der Waals surface area contributed by atoms with Crippen molar-refractivity contribution in [1.82, 2.24) is 4.90 Å². The van der Waals surface area contributed by atoms with Gasteiger partial charge in [0, 0.05) is 12.5 Å². The molecule has 2 heteroatoms. The van der Waals surface area contributed by atoms with Crippen LogP contribution in [0.4, 0.5) is 0 Å². The maximum absolute atomic E-state index is 10.8. The summed E-state index contributed by atoms with van der Waals surface area (Å²) in [6.45, 7) is 3.74. The van der Waals surface area contributed by atoms with Crippen LogP contribution in [0.3, 0.4) is 0 Å². The van der Waals surface area contributed by atoms with E-state index in [1.165, 1.54) is 0 Å². The topological polar surface area (TPSA) is 20.3 Å². The lowest BCUT2D eigenvalue weighted by Crippen LogP contribution is -2.17. The van der Waals surface area contributed by atoms with Gasteiger partial charge in [0.15, 0.2) is 0 Å². The van der Waals surface area contributed by atoms with E-state index in [0.717, 1.165) is 19.5 Å². The molecule has 0 aromatic rings. The summed E-state index contributed by atoms with van der Waals surface area (Å²) in [5, 5.41) is 0. The number of nitrogens with zero attached hydrogens (tertiary/aromatic N) is 1. The Bertz CT molecular complexity index is 122. The van der Waals surface area contributed by atoms with E-state index in [0.29, 0.717) is 11.7 Å². The Labute approximate surface area is 55.8 Å². The Hall–Kier alpha value is -0.370. The second kappa shape index (κ2) is 2.48. The van der Waals surface area contributed by atoms with Gasteiger partial charge in [0.05, 0.1) is 0 Å². The Morgan fingerprint density at radius 3 is 2.56 bits per heavy atom. The SMILES string of the molecule is CC(=O)[C@@H]1CCN(C)C1. The van der Waals surface area contributed by atoms with Crippen LogP contribution < -0.4 is 0 Å². The van der Waals surface area contributed by atoms with Crippen LogP contribution in [0.15, 0.2) is 0 Å². The van der Waals surface area contributed by atoms with Crippen LogP contribution in [0.5, 0.6) is 0 Å². The van der Waals surface area contributed by atoms with Gasteiger partial charge < -0.3 is 4.90 Å². The molecule has 2 nitrogen and oxygen atoms in total. The summed E-state index contributed by atoms with van der Waals surface area (Å²) in [6, 6.07) is 0. The lowest BCUT2D eigenvalue weighted by molar-refractivity contribution is -0.120. The van der Waals surface area contributed by atoms with Gasteiger partial charge in [-0.3, -0.25) is 4.79 Å². The van der Waals surface area contributed by atoms with Crippen molar-refractivity contribution in [3.63, 3.8) is 0 Å². The third kappa shape index (κ3) is 1.52. The van der Waals surface area contributed by atoms with Crippen molar-refractivity contribution in [2.24, 2.45) is 5.92 Å². The predicted octanol–water partition coefficient (Wildman–Crippen LogP) is 0.527. The summed E-state index contributed by atoms with van der Waals surface area (Å²) in [5.74, 6) is 0.675. The van der Waals surface area contributed by atoms with Crippen LogP contribution in [0.2, 0.25) is 0 Å². The lowest BCUT2D eigenvalue weighted by Gasteiger charge is -2.05. The number of rotatable bonds is 1. The van der Waals surface area contributed by atoms with Crippen LogP contribution in [0.25, 0.3) is 0 Å². The van der Waals surface area contributed by atoms with Crippen molar-refractivity contribution in [2.75, 3.05) is 20.1 Å². The normalized spacial score (nSPS) is 28.9. The van der Waals surface area contributed by atoms with Crippen molar-refractivity contribution in [3.05, 3.63) is 0 Å². The van der Waals surface area contributed by atoms with E-state index >= 15 is 0 Å². The van der Waals surface area contributed by atoms with Crippen molar-refractivity contribution < 1.29 is 4.79 Å². The van der Waals surface area contributed by atoms with Crippen molar-refractivity contribution in [1.29, 1.82) is 0 Å². The van der Waals surface area contributed by atoms with Crippen molar-refractivity contribution in [3.8, 4) is 0 Å². The molecule has 0 spiro atoms. The Kier molecular flexibility index (Phi) is 1.86. The van der Waals surface area contributed by atoms with E-state index < -0.39 is 0 Å². The minimum absolute atomic E-state index is 0.329. The highest BCUT2D eigenvalue weighted by Crippen LogP contribution is 2.14. The Balaban J connectivity index is 2.39. The van der Waals surface area contributed by atoms with Gasteiger partial charge in [0.25, 0.3) is 0 Å². The third-order valence-electron chi connectivity index (χ3n) is 1.97. The molecular formula is C7H13NO. The molecule has 1 atom stereocenters. The first-order valence-electron chi connectivity index (χ1n) is 3.39. The van der Waals surface area contributed by atoms with Gasteiger partial charge in [-0.25, -0.2) is 0 Å². The molecule has 0 aromatic heterocycles. The molecule has 0 bridgehead atoms. The van der Waals surface area contributed by atoms with Crippen LogP contribution in [-0.4, -0.2) is 30.8 Å². The maximum Gasteiger partial charge on any atom is 0.134 e. The number of carbonyl (C=O) groups is 1. The molecule has 1 saturated heterocycles. The van der Waals surface area contributed by atoms with Crippen LogP contribution in [-0.2, 0) is 4.79 Å². The average Bonchev–Trinajstić information content (AvgIpc) is 2.14. The Morgan fingerprint density at radius 1 is 1.67 bits per heavy atom. The summed E-state index contributed by atoms with van der Waals surface area (Å²) in [5.41, 5.74) is 0. The summed E-state index contributed by atoms with van der Waals surface area (Å²) in [6.07, 6.45) is 1.06. The zero-order valence-corrected chi connectivity index (χ0v) is 6.05. The molecule has 52 valence electrons. The van der Waals surface area contributed by atoms with Gasteiger partial charge >= 0.3 is 0 Å². The zero-order valence-electron chi connectivity index (χ0n) is 6.05. The standard InChI is InChI=1S/C7H13NO/c1-6(9)7-3-4-8(2)5-7/h7H,3-5H2,1-2H3/t7-/m1/s1. The maximum atomic E-state index is 10.8. The zero-order chi connectivity index (χ0) is 6.85. The molecule has 0 radical (unpaired) electrons. The highest BCUT2D eigenvalue weighted by molar-refractivity contribution is 5.78. The monoisotopic (exact) mass is 127 g/mol. The number of likely N-dealkylation sites (tertiary alicyclic amines) is 1. The van der Waals surface area contributed by atoms with Gasteiger partial charge in [-0.1, -0.05) is 0 Å². The quantitative estimate of drug-likeness (QED) is 0.512. The minimum atomic E-state index is 0.329. The first-order chi connectivity index (χ1) is 4.20. The first-order valence-corrected chi connectivity index (χ1v) is 3.39. The molecule has 0 N–H and O–H groups in total. The number of Topliss-reactive ketones (excluding diaryl/α,β-unsaturated/α-hetero) is 1. The Morgan fingerprint density at radius 2 is 2.33 bits per heavy atom. The van der Waals surface area contributed by atoms with E-state index in [1.807, 2.05) is 0 Å². The average molecular weight is 127 g/mol. The highest BCUT2D eigenvalue weighted by atomic mass is 16.1. The van der Waals surface area contributed by atoms with E-state index in [-0.39, 0.29) is 0 Å². The third-order valence-corrected chi connectivity index (χ3v) is 1.97. The van der Waals surface area contributed by atoms with E-state index in [9.17, 15) is 4.79 Å². The molecular weight excluding hydrogens is 114 g/mol. The van der Waals surface area contributed by atoms with E-state index in [2.05, 4.69) is 11.9 Å². The molecule has 0 saturated carbocycles. The molecule has 1 aliphatic heterocycles. The molecule has 0 unspecified atom stereocenters. The van der Waals surface area contributed by atoms with Crippen molar-refractivity contribution in [2.45, 2.75) is 13.3 Å². The van der Waals surface area contributed by atoms with Crippen LogP contribution in [0, 0.1) is 5.92 Å². The summed E-state index contributed by atoms with van der Waals surface area (Å²) < 4.78 is 0. The van der Waals surface area contributed by atoms with Gasteiger partial charge in [-0.05, 0) is 26.9 Å². The fraction of sp³-hybridized carbons (Fsp3) is 0.857. The molecule has 1 fully saturated rings. The fourth-order valence-corrected chi connectivity index (χ4v) is 1.27. The van der Waals surface area contributed by atoms with Crippen LogP contribution in [0.1, 0.15) is 13.3 Å². The first kappa shape index (κ1) is 6.75. The van der Waals surface area contributed by atoms with E-state index in [1.54, 1.807) is 6.92 Å². The predicted molar refractivity (Wildman–Crippen MR) is 36.3 cm³/mol. The number of ketones is 1. The lowest BCUT2D eigenvalue weighted by atomic mass is 10.1. The summed E-state index contributed by atoms with van der Waals surface area (Å²) >= 11 is 0. The number of carbonyl (C=O) groups excluding carboxylic acids is 1. The van der Waals surface area contributed by atoms with Gasteiger partial charge in [0.2, 0.25) is 0 Å². The number of hydrogen-bond donors (Lipinski definition) is 0. The molecule has 1 heterocycles. The molecule has 0 aliphatic carbocycles. The van der Waals surface area contributed by atoms with Crippen LogP contribution >= 0.6 is 0 Å². The molecule has 0 aromatic carbocycles. The van der Waals surface area contributed by atoms with E-state index in [4.69, 9.17) is 0 Å². The molecule has 9 heavy (non-hydrogen) atoms. The summed E-state index contributed by atoms with van der Waals surface area (Å²) in [7, 11) is 2.06. The molecule has 1 rings (SSSR count). The smallest absolute Gasteiger partial charge is 0.134 e. The van der Waals surface area contributed by atoms with Gasteiger partial charge in [-0.2, -0.15) is 0 Å². The summed E-state index contributed by atoms with van der Waals surface area (Å²) in [4.78, 5) is 13.0. The number of hydrogen-bond acceptors (Lipinski definition) is 2. The second-order valence-corrected chi connectivity index (χ2v) is 2.86. The van der Waals surface area contributed by atoms with Gasteiger partial charge in [0.1, 0.15) is 5.78 Å². The van der Waals surface area contributed by atoms with Gasteiger partial charge in [-0.15, -0.1) is 0 Å². The highest BCUT2D eigenvalue weighted by Gasteiger charge is 2.22. The largest absolute Gasteiger partial charge is 0.306 e. The molecule has 1 aliphatic rings. The molecule has 0 amide bonds. The second-order valence-electron chi connectivity index (χ2n) is 2.86. The minimum Gasteiger partial charge on any atom is -0.306 e.